The van der Waals surface area contributed by atoms with E-state index < -0.39 is 17.9 Å². The molecule has 5 nitrogen and oxygen atoms in total. The van der Waals surface area contributed by atoms with Gasteiger partial charge in [-0.1, -0.05) is 30.3 Å². The first-order valence-electron chi connectivity index (χ1n) is 8.38. The standard InChI is InChI=1S/C20H18N2O3/c1-12-11-14-7-3-6-10-17(14)21(12)18(23)13(2)22-19(24)15-8-4-5-9-16(15)20(22)25/h3-10,12-13H,11H2,1-2H3/t12-,13+/m1/s1. The van der Waals surface area contributed by atoms with Crippen molar-refractivity contribution in [3.05, 3.63) is 65.2 Å². The first kappa shape index (κ1) is 15.6. The summed E-state index contributed by atoms with van der Waals surface area (Å²) in [6.45, 7) is 3.60. The van der Waals surface area contributed by atoms with E-state index in [0.717, 1.165) is 22.6 Å². The van der Waals surface area contributed by atoms with Crippen molar-refractivity contribution in [3.63, 3.8) is 0 Å². The van der Waals surface area contributed by atoms with Gasteiger partial charge in [0, 0.05) is 11.7 Å². The predicted molar refractivity (Wildman–Crippen MR) is 93.5 cm³/mol. The molecule has 0 saturated carbocycles. The molecule has 25 heavy (non-hydrogen) atoms. The summed E-state index contributed by atoms with van der Waals surface area (Å²) in [6.07, 6.45) is 0.775. The van der Waals surface area contributed by atoms with E-state index in [1.807, 2.05) is 31.2 Å². The Morgan fingerprint density at radius 1 is 1.00 bits per heavy atom. The number of rotatable bonds is 2. The van der Waals surface area contributed by atoms with E-state index in [-0.39, 0.29) is 11.9 Å². The van der Waals surface area contributed by atoms with Crippen LogP contribution < -0.4 is 4.90 Å². The fourth-order valence-corrected chi connectivity index (χ4v) is 3.77. The highest BCUT2D eigenvalue weighted by molar-refractivity contribution is 6.23. The Morgan fingerprint density at radius 3 is 2.20 bits per heavy atom. The van der Waals surface area contributed by atoms with Crippen LogP contribution in [0.15, 0.2) is 48.5 Å². The maximum Gasteiger partial charge on any atom is 0.262 e. The average molecular weight is 334 g/mol. The monoisotopic (exact) mass is 334 g/mol. The highest BCUT2D eigenvalue weighted by atomic mass is 16.2. The van der Waals surface area contributed by atoms with Crippen LogP contribution in [0, 0.1) is 0 Å². The molecule has 4 rings (SSSR count). The van der Waals surface area contributed by atoms with Crippen LogP contribution >= 0.6 is 0 Å². The van der Waals surface area contributed by atoms with Crippen LogP contribution in [-0.4, -0.2) is 34.7 Å². The highest BCUT2D eigenvalue weighted by Crippen LogP contribution is 2.33. The van der Waals surface area contributed by atoms with E-state index in [1.54, 1.807) is 36.1 Å². The summed E-state index contributed by atoms with van der Waals surface area (Å²) in [4.78, 5) is 41.2. The van der Waals surface area contributed by atoms with E-state index in [1.165, 1.54) is 0 Å². The normalized spacial score (nSPS) is 19.8. The Bertz CT molecular complexity index is 870. The van der Waals surface area contributed by atoms with Crippen molar-refractivity contribution in [1.29, 1.82) is 0 Å². The molecule has 0 radical (unpaired) electrons. The summed E-state index contributed by atoms with van der Waals surface area (Å²) in [7, 11) is 0. The van der Waals surface area contributed by atoms with Crippen LogP contribution in [0.3, 0.4) is 0 Å². The van der Waals surface area contributed by atoms with Crippen LogP contribution in [-0.2, 0) is 11.2 Å². The van der Waals surface area contributed by atoms with Crippen molar-refractivity contribution < 1.29 is 14.4 Å². The third-order valence-corrected chi connectivity index (χ3v) is 5.01. The Kier molecular flexibility index (Phi) is 3.46. The van der Waals surface area contributed by atoms with Gasteiger partial charge in [-0.25, -0.2) is 0 Å². The second-order valence-corrected chi connectivity index (χ2v) is 6.59. The van der Waals surface area contributed by atoms with Gasteiger partial charge in [0.15, 0.2) is 0 Å². The van der Waals surface area contributed by atoms with Crippen molar-refractivity contribution in [1.82, 2.24) is 4.90 Å². The number of carbonyl (C=O) groups excluding carboxylic acids is 3. The molecule has 0 aromatic heterocycles. The predicted octanol–water partition coefficient (Wildman–Crippen LogP) is 2.65. The smallest absolute Gasteiger partial charge is 0.262 e. The zero-order valence-electron chi connectivity index (χ0n) is 14.1. The van der Waals surface area contributed by atoms with Gasteiger partial charge in [-0.05, 0) is 44.0 Å². The van der Waals surface area contributed by atoms with E-state index in [0.29, 0.717) is 11.1 Å². The van der Waals surface area contributed by atoms with Gasteiger partial charge in [-0.2, -0.15) is 0 Å². The van der Waals surface area contributed by atoms with Gasteiger partial charge in [0.25, 0.3) is 11.8 Å². The van der Waals surface area contributed by atoms with Crippen molar-refractivity contribution >= 4 is 23.4 Å². The van der Waals surface area contributed by atoms with Crippen LogP contribution in [0.5, 0.6) is 0 Å². The summed E-state index contributed by atoms with van der Waals surface area (Å²) in [6, 6.07) is 13.6. The zero-order chi connectivity index (χ0) is 17.7. The molecule has 0 spiro atoms. The van der Waals surface area contributed by atoms with E-state index in [9.17, 15) is 14.4 Å². The van der Waals surface area contributed by atoms with Crippen molar-refractivity contribution in [2.24, 2.45) is 0 Å². The van der Waals surface area contributed by atoms with Crippen molar-refractivity contribution in [3.8, 4) is 0 Å². The first-order valence-corrected chi connectivity index (χ1v) is 8.38. The molecule has 2 aliphatic heterocycles. The molecule has 2 aromatic rings. The molecule has 0 saturated heterocycles. The molecule has 0 unspecified atom stereocenters. The Hall–Kier alpha value is -2.95. The van der Waals surface area contributed by atoms with Gasteiger partial charge in [0.05, 0.1) is 11.1 Å². The fourth-order valence-electron chi connectivity index (χ4n) is 3.77. The molecule has 2 heterocycles. The number of anilines is 1. The highest BCUT2D eigenvalue weighted by Gasteiger charge is 2.43. The van der Waals surface area contributed by atoms with E-state index in [4.69, 9.17) is 0 Å². The third-order valence-electron chi connectivity index (χ3n) is 5.01. The zero-order valence-corrected chi connectivity index (χ0v) is 14.1. The largest absolute Gasteiger partial charge is 0.307 e. The second-order valence-electron chi connectivity index (χ2n) is 6.59. The maximum atomic E-state index is 13.1. The lowest BCUT2D eigenvalue weighted by Gasteiger charge is -2.29. The quantitative estimate of drug-likeness (QED) is 0.794. The lowest BCUT2D eigenvalue weighted by Crippen LogP contribution is -2.51. The minimum Gasteiger partial charge on any atom is -0.307 e. The van der Waals surface area contributed by atoms with E-state index >= 15 is 0 Å². The van der Waals surface area contributed by atoms with Crippen molar-refractivity contribution in [2.75, 3.05) is 4.90 Å². The molecule has 0 N–H and O–H groups in total. The van der Waals surface area contributed by atoms with Crippen LogP contribution in [0.4, 0.5) is 5.69 Å². The third kappa shape index (κ3) is 2.19. The molecule has 0 fully saturated rings. The topological polar surface area (TPSA) is 57.7 Å². The SMILES string of the molecule is C[C@@H]1Cc2ccccc2N1C(=O)[C@H](C)N1C(=O)c2ccccc2C1=O. The number of hydrogen-bond donors (Lipinski definition) is 0. The molecule has 2 aliphatic rings. The van der Waals surface area contributed by atoms with Gasteiger partial charge in [-0.3, -0.25) is 19.3 Å². The minimum atomic E-state index is -0.846. The summed E-state index contributed by atoms with van der Waals surface area (Å²) in [5.41, 5.74) is 2.70. The molecular formula is C20H18N2O3. The first-order chi connectivity index (χ1) is 12.0. The Morgan fingerprint density at radius 2 is 1.56 bits per heavy atom. The minimum absolute atomic E-state index is 0.00234. The van der Waals surface area contributed by atoms with Gasteiger partial charge in [0.1, 0.15) is 6.04 Å². The number of imide groups is 1. The molecule has 5 heteroatoms. The van der Waals surface area contributed by atoms with Gasteiger partial charge in [0.2, 0.25) is 5.91 Å². The number of para-hydroxylation sites is 1. The van der Waals surface area contributed by atoms with Crippen molar-refractivity contribution in [2.45, 2.75) is 32.4 Å². The fraction of sp³-hybridized carbons (Fsp3) is 0.250. The number of fused-ring (bicyclic) bond motifs is 2. The second kappa shape index (κ2) is 5.55. The molecule has 2 atom stereocenters. The van der Waals surface area contributed by atoms with Gasteiger partial charge < -0.3 is 4.90 Å². The molecule has 2 aromatic carbocycles. The molecule has 126 valence electrons. The Labute approximate surface area is 145 Å². The summed E-state index contributed by atoms with van der Waals surface area (Å²) in [5.74, 6) is -1.03. The van der Waals surface area contributed by atoms with E-state index in [2.05, 4.69) is 0 Å². The number of nitrogens with zero attached hydrogens (tertiary/aromatic N) is 2. The average Bonchev–Trinajstić information content (AvgIpc) is 3.08. The van der Waals surface area contributed by atoms with Gasteiger partial charge in [-0.15, -0.1) is 0 Å². The van der Waals surface area contributed by atoms with Crippen LogP contribution in [0.25, 0.3) is 0 Å². The Balaban J connectivity index is 1.66. The molecule has 0 bridgehead atoms. The van der Waals surface area contributed by atoms with Crippen LogP contribution in [0.1, 0.15) is 40.1 Å². The molecule has 3 amide bonds. The van der Waals surface area contributed by atoms with Crippen LogP contribution in [0.2, 0.25) is 0 Å². The number of amides is 3. The lowest BCUT2D eigenvalue weighted by atomic mass is 10.1. The lowest BCUT2D eigenvalue weighted by molar-refractivity contribution is -0.122. The molecule has 0 aliphatic carbocycles. The summed E-state index contributed by atoms with van der Waals surface area (Å²) >= 11 is 0. The number of hydrogen-bond acceptors (Lipinski definition) is 3. The summed E-state index contributed by atoms with van der Waals surface area (Å²) < 4.78 is 0. The molecular weight excluding hydrogens is 316 g/mol. The maximum absolute atomic E-state index is 13.1. The number of benzene rings is 2. The summed E-state index contributed by atoms with van der Waals surface area (Å²) in [5, 5.41) is 0. The van der Waals surface area contributed by atoms with Gasteiger partial charge >= 0.3 is 0 Å². The number of carbonyl (C=O) groups is 3.